The minimum absolute atomic E-state index is 0.107. The van der Waals surface area contributed by atoms with E-state index < -0.39 is 0 Å². The summed E-state index contributed by atoms with van der Waals surface area (Å²) in [5.41, 5.74) is 4.69. The molecule has 7 heteroatoms. The number of ether oxygens (including phenoxy) is 1. The molecule has 2 aliphatic rings. The maximum Gasteiger partial charge on any atom is 0.322 e. The first kappa shape index (κ1) is 19.3. The molecule has 1 aliphatic heterocycles. The molecule has 0 bridgehead atoms. The summed E-state index contributed by atoms with van der Waals surface area (Å²) in [6.45, 7) is 6.91. The van der Waals surface area contributed by atoms with Crippen LogP contribution in [0.3, 0.4) is 0 Å². The second-order valence-electron chi connectivity index (χ2n) is 8.73. The first-order valence-electron chi connectivity index (χ1n) is 11.1. The molecule has 0 spiro atoms. The van der Waals surface area contributed by atoms with E-state index in [4.69, 9.17) is 14.7 Å². The molecule has 1 atom stereocenters. The molecule has 2 N–H and O–H groups in total. The van der Waals surface area contributed by atoms with Crippen LogP contribution in [0.1, 0.15) is 68.1 Å². The van der Waals surface area contributed by atoms with Gasteiger partial charge >= 0.3 is 6.01 Å². The molecule has 30 heavy (non-hydrogen) atoms. The SMILES string of the molecule is CC(C)c1cnn2c(NCc3ccccc3C3CC3)nc(O[C@@H]3CCCNC3)nc12. The van der Waals surface area contributed by atoms with Gasteiger partial charge in [-0.2, -0.15) is 19.6 Å². The fraction of sp³-hybridized carbons (Fsp3) is 0.522. The summed E-state index contributed by atoms with van der Waals surface area (Å²) in [5.74, 6) is 1.71. The number of nitrogens with one attached hydrogen (secondary N) is 2. The largest absolute Gasteiger partial charge is 0.459 e. The predicted octanol–water partition coefficient (Wildman–Crippen LogP) is 3.87. The van der Waals surface area contributed by atoms with E-state index in [9.17, 15) is 0 Å². The van der Waals surface area contributed by atoms with E-state index in [1.807, 2.05) is 6.20 Å². The Morgan fingerprint density at radius 3 is 2.83 bits per heavy atom. The van der Waals surface area contributed by atoms with E-state index in [1.54, 1.807) is 4.52 Å². The summed E-state index contributed by atoms with van der Waals surface area (Å²) in [6, 6.07) is 9.11. The zero-order valence-electron chi connectivity index (χ0n) is 17.8. The number of nitrogens with zero attached hydrogens (tertiary/aromatic N) is 4. The molecular formula is C23H30N6O. The van der Waals surface area contributed by atoms with E-state index in [0.29, 0.717) is 30.3 Å². The highest BCUT2D eigenvalue weighted by Gasteiger charge is 2.26. The molecule has 5 rings (SSSR count). The smallest absolute Gasteiger partial charge is 0.322 e. The summed E-state index contributed by atoms with van der Waals surface area (Å²) in [7, 11) is 0. The first-order chi connectivity index (χ1) is 14.7. The number of piperidine rings is 1. The topological polar surface area (TPSA) is 76.4 Å². The monoisotopic (exact) mass is 406 g/mol. The highest BCUT2D eigenvalue weighted by atomic mass is 16.5. The number of fused-ring (bicyclic) bond motifs is 1. The standard InChI is InChI=1S/C23H30N6O/c1-15(2)20-14-26-29-21(20)27-23(30-18-7-5-11-24-13-18)28-22(29)25-12-17-6-3-4-8-19(17)16-9-10-16/h3-4,6,8,14-16,18,24H,5,7,9-13H2,1-2H3,(H,25,27,28)/t18-/m1/s1. The van der Waals surface area contributed by atoms with Crippen LogP contribution in [0.25, 0.3) is 5.65 Å². The highest BCUT2D eigenvalue weighted by molar-refractivity contribution is 5.53. The lowest BCUT2D eigenvalue weighted by Gasteiger charge is -2.23. The number of benzene rings is 1. The van der Waals surface area contributed by atoms with Crippen molar-refractivity contribution in [1.82, 2.24) is 24.9 Å². The van der Waals surface area contributed by atoms with Gasteiger partial charge in [-0.3, -0.25) is 0 Å². The van der Waals surface area contributed by atoms with Gasteiger partial charge < -0.3 is 15.4 Å². The lowest BCUT2D eigenvalue weighted by molar-refractivity contribution is 0.153. The number of hydrogen-bond donors (Lipinski definition) is 2. The Kier molecular flexibility index (Phi) is 5.29. The van der Waals surface area contributed by atoms with Crippen molar-refractivity contribution in [3.63, 3.8) is 0 Å². The third-order valence-electron chi connectivity index (χ3n) is 6.03. The molecule has 0 unspecified atom stereocenters. The second kappa shape index (κ2) is 8.22. The van der Waals surface area contributed by atoms with Crippen LogP contribution >= 0.6 is 0 Å². The summed E-state index contributed by atoms with van der Waals surface area (Å²) in [5, 5.41) is 11.5. The van der Waals surface area contributed by atoms with Gasteiger partial charge in [0, 0.05) is 18.7 Å². The van der Waals surface area contributed by atoms with Crippen LogP contribution in [0.5, 0.6) is 6.01 Å². The molecule has 1 saturated carbocycles. The molecule has 7 nitrogen and oxygen atoms in total. The fourth-order valence-electron chi connectivity index (χ4n) is 4.18. The van der Waals surface area contributed by atoms with Crippen molar-refractivity contribution in [3.05, 3.63) is 47.2 Å². The third-order valence-corrected chi connectivity index (χ3v) is 6.03. The van der Waals surface area contributed by atoms with Gasteiger partial charge in [-0.1, -0.05) is 38.1 Å². The third kappa shape index (κ3) is 3.99. The molecular weight excluding hydrogens is 376 g/mol. The van der Waals surface area contributed by atoms with Gasteiger partial charge in [0.1, 0.15) is 6.10 Å². The average Bonchev–Trinajstić information content (AvgIpc) is 3.51. The van der Waals surface area contributed by atoms with Crippen molar-refractivity contribution in [2.24, 2.45) is 0 Å². The van der Waals surface area contributed by atoms with E-state index >= 15 is 0 Å². The molecule has 1 aromatic carbocycles. The zero-order chi connectivity index (χ0) is 20.5. The molecule has 0 amide bonds. The van der Waals surface area contributed by atoms with Gasteiger partial charge in [-0.05, 0) is 55.2 Å². The van der Waals surface area contributed by atoms with E-state index in [2.05, 4.69) is 53.8 Å². The minimum Gasteiger partial charge on any atom is -0.459 e. The molecule has 1 aliphatic carbocycles. The van der Waals surface area contributed by atoms with Crippen molar-refractivity contribution < 1.29 is 4.74 Å². The quantitative estimate of drug-likeness (QED) is 0.620. The predicted molar refractivity (Wildman–Crippen MR) is 117 cm³/mol. The molecule has 3 aromatic rings. The summed E-state index contributed by atoms with van der Waals surface area (Å²) in [4.78, 5) is 9.42. The van der Waals surface area contributed by atoms with Gasteiger partial charge in [-0.25, -0.2) is 0 Å². The van der Waals surface area contributed by atoms with Crippen molar-refractivity contribution >= 4 is 11.6 Å². The van der Waals surface area contributed by atoms with Crippen LogP contribution in [0.2, 0.25) is 0 Å². The minimum atomic E-state index is 0.107. The maximum atomic E-state index is 6.17. The van der Waals surface area contributed by atoms with Crippen LogP contribution in [0.15, 0.2) is 30.5 Å². The fourth-order valence-corrected chi connectivity index (χ4v) is 4.18. The van der Waals surface area contributed by atoms with Crippen molar-refractivity contribution in [2.75, 3.05) is 18.4 Å². The Labute approximate surface area is 177 Å². The number of rotatable bonds is 7. The first-order valence-corrected chi connectivity index (χ1v) is 11.1. The highest BCUT2D eigenvalue weighted by Crippen LogP contribution is 2.41. The van der Waals surface area contributed by atoms with Gasteiger partial charge in [0.05, 0.1) is 6.20 Å². The van der Waals surface area contributed by atoms with E-state index in [-0.39, 0.29) is 6.10 Å². The summed E-state index contributed by atoms with van der Waals surface area (Å²) >= 11 is 0. The Hall–Kier alpha value is -2.67. The van der Waals surface area contributed by atoms with Crippen LogP contribution in [0, 0.1) is 0 Å². The Balaban J connectivity index is 1.45. The Morgan fingerprint density at radius 2 is 2.07 bits per heavy atom. The molecule has 158 valence electrons. The normalized spacial score (nSPS) is 19.4. The van der Waals surface area contributed by atoms with Gasteiger partial charge in [0.25, 0.3) is 0 Å². The molecule has 0 radical (unpaired) electrons. The van der Waals surface area contributed by atoms with Crippen LogP contribution in [-0.4, -0.2) is 38.8 Å². The van der Waals surface area contributed by atoms with Crippen molar-refractivity contribution in [1.29, 1.82) is 0 Å². The lowest BCUT2D eigenvalue weighted by Crippen LogP contribution is -2.37. The van der Waals surface area contributed by atoms with Crippen LogP contribution in [0.4, 0.5) is 5.95 Å². The zero-order valence-corrected chi connectivity index (χ0v) is 17.8. The van der Waals surface area contributed by atoms with Gasteiger partial charge in [0.15, 0.2) is 5.65 Å². The number of aromatic nitrogens is 4. The number of anilines is 1. The molecule has 2 aromatic heterocycles. The van der Waals surface area contributed by atoms with Crippen LogP contribution < -0.4 is 15.4 Å². The summed E-state index contributed by atoms with van der Waals surface area (Å²) in [6.07, 6.45) is 6.72. The van der Waals surface area contributed by atoms with Gasteiger partial charge in [0.2, 0.25) is 5.95 Å². The summed E-state index contributed by atoms with van der Waals surface area (Å²) < 4.78 is 7.97. The van der Waals surface area contributed by atoms with Crippen molar-refractivity contribution in [3.8, 4) is 6.01 Å². The molecule has 2 fully saturated rings. The van der Waals surface area contributed by atoms with Crippen molar-refractivity contribution in [2.45, 2.75) is 64.0 Å². The van der Waals surface area contributed by atoms with Crippen LogP contribution in [-0.2, 0) is 6.54 Å². The molecule has 3 heterocycles. The Morgan fingerprint density at radius 1 is 1.20 bits per heavy atom. The maximum absolute atomic E-state index is 6.17. The van der Waals surface area contributed by atoms with E-state index in [0.717, 1.165) is 37.1 Å². The average molecular weight is 407 g/mol. The number of hydrogen-bond acceptors (Lipinski definition) is 6. The second-order valence-corrected chi connectivity index (χ2v) is 8.73. The van der Waals surface area contributed by atoms with Gasteiger partial charge in [-0.15, -0.1) is 0 Å². The van der Waals surface area contributed by atoms with E-state index in [1.165, 1.54) is 24.0 Å². The molecule has 1 saturated heterocycles. The lowest BCUT2D eigenvalue weighted by atomic mass is 10.0. The Bertz CT molecular complexity index is 1020.